The molecule has 0 bridgehead atoms. The van der Waals surface area contributed by atoms with Gasteiger partial charge in [-0.15, -0.1) is 0 Å². The third-order valence-electron chi connectivity index (χ3n) is 2.58. The molecule has 0 saturated carbocycles. The summed E-state index contributed by atoms with van der Waals surface area (Å²) in [6, 6.07) is 7.46. The number of benzene rings is 1. The third-order valence-corrected chi connectivity index (χ3v) is 4.18. The number of hydrogen-bond acceptors (Lipinski definition) is 5. The predicted molar refractivity (Wildman–Crippen MR) is 78.3 cm³/mol. The molecule has 1 aromatic carbocycles. The van der Waals surface area contributed by atoms with E-state index < -0.39 is 22.0 Å². The highest BCUT2D eigenvalue weighted by Crippen LogP contribution is 2.09. The number of ether oxygens (including phenoxy) is 2. The highest BCUT2D eigenvalue weighted by atomic mass is 32.2. The van der Waals surface area contributed by atoms with E-state index >= 15 is 0 Å². The van der Waals surface area contributed by atoms with Gasteiger partial charge in [-0.3, -0.25) is 4.79 Å². The van der Waals surface area contributed by atoms with Crippen LogP contribution in [0, 0.1) is 0 Å². The summed E-state index contributed by atoms with van der Waals surface area (Å²) in [5, 5.41) is 0. The van der Waals surface area contributed by atoms with Crippen LogP contribution in [-0.4, -0.2) is 40.2 Å². The van der Waals surface area contributed by atoms with Crippen molar-refractivity contribution in [2.24, 2.45) is 0 Å². The van der Waals surface area contributed by atoms with Crippen molar-refractivity contribution in [3.63, 3.8) is 0 Å². The van der Waals surface area contributed by atoms with Gasteiger partial charge < -0.3 is 9.47 Å². The van der Waals surface area contributed by atoms with Gasteiger partial charge in [-0.25, -0.2) is 13.1 Å². The van der Waals surface area contributed by atoms with Crippen molar-refractivity contribution in [1.82, 2.24) is 4.72 Å². The van der Waals surface area contributed by atoms with Crippen LogP contribution in [0.5, 0.6) is 0 Å². The van der Waals surface area contributed by atoms with Gasteiger partial charge in [0.05, 0.1) is 17.9 Å². The molecule has 118 valence electrons. The van der Waals surface area contributed by atoms with Crippen LogP contribution in [0.3, 0.4) is 0 Å². The molecule has 1 aromatic rings. The molecule has 0 aromatic heterocycles. The van der Waals surface area contributed by atoms with E-state index in [2.05, 4.69) is 4.72 Å². The first-order valence-electron chi connectivity index (χ1n) is 6.76. The molecule has 0 aliphatic heterocycles. The Morgan fingerprint density at radius 1 is 1.24 bits per heavy atom. The lowest BCUT2D eigenvalue weighted by molar-refractivity contribution is -0.145. The van der Waals surface area contributed by atoms with Gasteiger partial charge in [0.25, 0.3) is 0 Å². The molecule has 0 aliphatic rings. The van der Waals surface area contributed by atoms with Gasteiger partial charge in [-0.1, -0.05) is 18.2 Å². The molecule has 0 amide bonds. The lowest BCUT2D eigenvalue weighted by atomic mass is 10.2. The minimum Gasteiger partial charge on any atom is -0.463 e. The van der Waals surface area contributed by atoms with Gasteiger partial charge >= 0.3 is 5.97 Å². The third kappa shape index (κ3) is 6.70. The van der Waals surface area contributed by atoms with Crippen molar-refractivity contribution >= 4 is 16.0 Å². The SMILES string of the molecule is CCOCCOC(=O)CC(C)NS(=O)(=O)c1ccccc1. The first-order chi connectivity index (χ1) is 9.95. The van der Waals surface area contributed by atoms with Gasteiger partial charge in [-0.2, -0.15) is 0 Å². The summed E-state index contributed by atoms with van der Waals surface area (Å²) in [6.45, 7) is 4.54. The predicted octanol–water partition coefficient (Wildman–Crippen LogP) is 1.32. The summed E-state index contributed by atoms with van der Waals surface area (Å²) < 4.78 is 36.5. The smallest absolute Gasteiger partial charge is 0.307 e. The second-order valence-corrected chi connectivity index (χ2v) is 6.17. The Morgan fingerprint density at radius 2 is 1.90 bits per heavy atom. The molecule has 1 unspecified atom stereocenters. The van der Waals surface area contributed by atoms with E-state index in [1.54, 1.807) is 25.1 Å². The minimum atomic E-state index is -3.62. The molecule has 1 atom stereocenters. The Balaban J connectivity index is 2.42. The standard InChI is InChI=1S/C14H21NO5S/c1-3-19-9-10-20-14(16)11-12(2)15-21(17,18)13-7-5-4-6-8-13/h4-8,12,15H,3,9-11H2,1-2H3. The fourth-order valence-electron chi connectivity index (χ4n) is 1.64. The normalized spacial score (nSPS) is 12.9. The first-order valence-corrected chi connectivity index (χ1v) is 8.24. The zero-order valence-electron chi connectivity index (χ0n) is 12.2. The molecule has 0 spiro atoms. The number of esters is 1. The molecule has 0 fully saturated rings. The summed E-state index contributed by atoms with van der Waals surface area (Å²) in [6.07, 6.45) is -0.0296. The Labute approximate surface area is 125 Å². The van der Waals surface area contributed by atoms with Crippen molar-refractivity contribution < 1.29 is 22.7 Å². The van der Waals surface area contributed by atoms with E-state index in [1.165, 1.54) is 12.1 Å². The van der Waals surface area contributed by atoms with Crippen molar-refractivity contribution in [3.05, 3.63) is 30.3 Å². The minimum absolute atomic E-state index is 0.0296. The van der Waals surface area contributed by atoms with Crippen LogP contribution in [-0.2, 0) is 24.3 Å². The Kier molecular flexibility index (Phi) is 7.35. The number of sulfonamides is 1. The van der Waals surface area contributed by atoms with Gasteiger partial charge in [-0.05, 0) is 26.0 Å². The topological polar surface area (TPSA) is 81.7 Å². The molecule has 0 heterocycles. The molecule has 21 heavy (non-hydrogen) atoms. The summed E-state index contributed by atoms with van der Waals surface area (Å²) in [5.74, 6) is -0.460. The molecule has 7 heteroatoms. The quantitative estimate of drug-likeness (QED) is 0.549. The van der Waals surface area contributed by atoms with Crippen LogP contribution in [0.25, 0.3) is 0 Å². The monoisotopic (exact) mass is 315 g/mol. The van der Waals surface area contributed by atoms with Crippen LogP contribution in [0.4, 0.5) is 0 Å². The average Bonchev–Trinajstić information content (AvgIpc) is 2.44. The lowest BCUT2D eigenvalue weighted by Gasteiger charge is -2.13. The molecule has 0 saturated heterocycles. The molecule has 1 N–H and O–H groups in total. The summed E-state index contributed by atoms with van der Waals surface area (Å²) in [5.41, 5.74) is 0. The second kappa shape index (κ2) is 8.76. The van der Waals surface area contributed by atoms with E-state index in [1.807, 2.05) is 6.92 Å². The van der Waals surface area contributed by atoms with E-state index in [0.29, 0.717) is 13.2 Å². The number of nitrogens with one attached hydrogen (secondary N) is 1. The zero-order valence-corrected chi connectivity index (χ0v) is 13.1. The summed E-state index contributed by atoms with van der Waals surface area (Å²) in [7, 11) is -3.62. The lowest BCUT2D eigenvalue weighted by Crippen LogP contribution is -2.34. The van der Waals surface area contributed by atoms with E-state index in [0.717, 1.165) is 0 Å². The largest absolute Gasteiger partial charge is 0.463 e. The Morgan fingerprint density at radius 3 is 2.52 bits per heavy atom. The highest BCUT2D eigenvalue weighted by Gasteiger charge is 2.19. The van der Waals surface area contributed by atoms with E-state index in [9.17, 15) is 13.2 Å². The van der Waals surface area contributed by atoms with Crippen LogP contribution in [0.1, 0.15) is 20.3 Å². The second-order valence-electron chi connectivity index (χ2n) is 4.46. The highest BCUT2D eigenvalue weighted by molar-refractivity contribution is 7.89. The summed E-state index contributed by atoms with van der Waals surface area (Å²) >= 11 is 0. The average molecular weight is 315 g/mol. The van der Waals surface area contributed by atoms with Crippen molar-refractivity contribution in [1.29, 1.82) is 0 Å². The van der Waals surface area contributed by atoms with Gasteiger partial charge in [0, 0.05) is 12.6 Å². The number of hydrogen-bond donors (Lipinski definition) is 1. The van der Waals surface area contributed by atoms with E-state index in [4.69, 9.17) is 9.47 Å². The van der Waals surface area contributed by atoms with Crippen LogP contribution >= 0.6 is 0 Å². The first kappa shape index (κ1) is 17.6. The Bertz CT molecular complexity index is 530. The van der Waals surface area contributed by atoms with Gasteiger partial charge in [0.15, 0.2) is 0 Å². The maximum Gasteiger partial charge on any atom is 0.307 e. The fourth-order valence-corrected chi connectivity index (χ4v) is 2.91. The van der Waals surface area contributed by atoms with Crippen LogP contribution in [0.2, 0.25) is 0 Å². The zero-order chi connectivity index (χ0) is 15.7. The number of rotatable bonds is 9. The maximum atomic E-state index is 12.0. The van der Waals surface area contributed by atoms with Crippen molar-refractivity contribution in [2.45, 2.75) is 31.2 Å². The fraction of sp³-hybridized carbons (Fsp3) is 0.500. The molecule has 0 aliphatic carbocycles. The van der Waals surface area contributed by atoms with Gasteiger partial charge in [0.2, 0.25) is 10.0 Å². The Hall–Kier alpha value is -1.44. The molecular weight excluding hydrogens is 294 g/mol. The van der Waals surface area contributed by atoms with Crippen molar-refractivity contribution in [2.75, 3.05) is 19.8 Å². The maximum absolute atomic E-state index is 12.0. The molecular formula is C14H21NO5S. The van der Waals surface area contributed by atoms with Crippen LogP contribution in [0.15, 0.2) is 35.2 Å². The van der Waals surface area contributed by atoms with Crippen molar-refractivity contribution in [3.8, 4) is 0 Å². The number of carbonyl (C=O) groups is 1. The van der Waals surface area contributed by atoms with Gasteiger partial charge in [0.1, 0.15) is 6.61 Å². The molecule has 6 nitrogen and oxygen atoms in total. The summed E-state index contributed by atoms with van der Waals surface area (Å²) in [4.78, 5) is 11.7. The van der Waals surface area contributed by atoms with Crippen LogP contribution < -0.4 is 4.72 Å². The van der Waals surface area contributed by atoms with E-state index in [-0.39, 0.29) is 17.9 Å². The number of carbonyl (C=O) groups excluding carboxylic acids is 1. The molecule has 1 rings (SSSR count). The molecule has 0 radical (unpaired) electrons.